The summed E-state index contributed by atoms with van der Waals surface area (Å²) in [4.78, 5) is 56.3. The molecule has 4 amide bonds. The van der Waals surface area contributed by atoms with Gasteiger partial charge in [-0.15, -0.1) is 0 Å². The summed E-state index contributed by atoms with van der Waals surface area (Å²) < 4.78 is 40.3. The average molecular weight is 754 g/mol. The molecule has 12 nitrogen and oxygen atoms in total. The van der Waals surface area contributed by atoms with Crippen LogP contribution in [0.15, 0.2) is 22.7 Å². The van der Waals surface area contributed by atoms with Crippen LogP contribution in [0.4, 0.5) is 4.79 Å². The molecule has 1 aromatic rings. The topological polar surface area (TPSA) is 160 Å². The van der Waals surface area contributed by atoms with Crippen LogP contribution in [0.3, 0.4) is 0 Å². The third-order valence-electron chi connectivity index (χ3n) is 9.92. The number of sulfonamides is 1. The lowest BCUT2D eigenvalue weighted by atomic mass is 9.85. The van der Waals surface area contributed by atoms with Crippen molar-refractivity contribution in [3.63, 3.8) is 0 Å². The number of alkyl carbamates (subject to hydrolysis) is 1. The van der Waals surface area contributed by atoms with E-state index >= 15 is 0 Å². The van der Waals surface area contributed by atoms with Gasteiger partial charge in [0.1, 0.15) is 29.5 Å². The number of rotatable bonds is 6. The van der Waals surface area contributed by atoms with Crippen LogP contribution >= 0.6 is 15.9 Å². The van der Waals surface area contributed by atoms with Crippen LogP contribution in [0.1, 0.15) is 97.5 Å². The molecule has 0 aromatic heterocycles. The van der Waals surface area contributed by atoms with Crippen molar-refractivity contribution >= 4 is 49.8 Å². The van der Waals surface area contributed by atoms with Crippen molar-refractivity contribution in [2.24, 2.45) is 11.3 Å². The smallest absolute Gasteiger partial charge is 0.407 e. The highest BCUT2D eigenvalue weighted by atomic mass is 79.9. The normalized spacial score (nSPS) is 28.9. The highest BCUT2D eigenvalue weighted by Gasteiger charge is 2.62. The molecule has 266 valence electrons. The van der Waals surface area contributed by atoms with Crippen molar-refractivity contribution < 1.29 is 37.1 Å². The second kappa shape index (κ2) is 14.5. The second-order valence-corrected chi connectivity index (χ2v) is 17.7. The first-order valence-electron chi connectivity index (χ1n) is 17.2. The predicted molar refractivity (Wildman–Crippen MR) is 183 cm³/mol. The molecule has 1 aromatic carbocycles. The fourth-order valence-electron chi connectivity index (χ4n) is 6.78. The molecule has 0 spiro atoms. The van der Waals surface area contributed by atoms with Gasteiger partial charge in [-0.2, -0.15) is 0 Å². The van der Waals surface area contributed by atoms with Gasteiger partial charge in [0, 0.05) is 10.9 Å². The molecule has 3 N–H and O–H groups in total. The Hall–Kier alpha value is -2.87. The standard InChI is InChI=1S/C34H49BrN4O8S/c1-5-22-19-34(22,31(42)38-48(44,45)25-14-15-25)37-29(40)26-18-24-20-39(26)30(41)28(33(2,3)4)36-32(43)46-16-10-8-6-7-9-11-21-12-13-23(35)17-27(21)47-24/h12-13,17,22,24-26,28H,5-11,14-16,18-20H2,1-4H3,(H,36,43)(H,37,40)(H,38,42)/t22-,24+,26-,28+,34+/m0/s1. The van der Waals surface area contributed by atoms with Gasteiger partial charge >= 0.3 is 6.09 Å². The summed E-state index contributed by atoms with van der Waals surface area (Å²) in [6.45, 7) is 7.65. The number of aryl methyl sites for hydroxylation is 1. The van der Waals surface area contributed by atoms with Gasteiger partial charge in [0.2, 0.25) is 21.8 Å². The zero-order valence-electron chi connectivity index (χ0n) is 28.3. The van der Waals surface area contributed by atoms with E-state index in [1.807, 2.05) is 45.9 Å². The van der Waals surface area contributed by atoms with E-state index < -0.39 is 68.2 Å². The van der Waals surface area contributed by atoms with Crippen molar-refractivity contribution in [1.29, 1.82) is 0 Å². The predicted octanol–water partition coefficient (Wildman–Crippen LogP) is 4.34. The van der Waals surface area contributed by atoms with E-state index in [4.69, 9.17) is 9.47 Å². The molecule has 2 saturated carbocycles. The lowest BCUT2D eigenvalue weighted by Crippen LogP contribution is -2.60. The molecule has 14 heteroatoms. The van der Waals surface area contributed by atoms with E-state index in [2.05, 4.69) is 31.3 Å². The fraction of sp³-hybridized carbons (Fsp3) is 0.706. The summed E-state index contributed by atoms with van der Waals surface area (Å²) in [7, 11) is -3.83. The van der Waals surface area contributed by atoms with E-state index in [0.29, 0.717) is 37.9 Å². The zero-order chi connectivity index (χ0) is 34.9. The Kier molecular flexibility index (Phi) is 11.0. The van der Waals surface area contributed by atoms with Gasteiger partial charge in [-0.3, -0.25) is 19.1 Å². The third kappa shape index (κ3) is 8.46. The molecule has 0 unspecified atom stereocenters. The maximum absolute atomic E-state index is 14.4. The van der Waals surface area contributed by atoms with E-state index in [1.54, 1.807) is 0 Å². The summed E-state index contributed by atoms with van der Waals surface area (Å²) in [6.07, 6.45) is 6.10. The molecule has 2 aliphatic carbocycles. The van der Waals surface area contributed by atoms with Crippen LogP contribution in [0, 0.1) is 11.3 Å². The molecule has 5 atom stereocenters. The number of fused-ring (bicyclic) bond motifs is 3. The number of carbonyl (C=O) groups is 4. The fourth-order valence-corrected chi connectivity index (χ4v) is 8.49. The third-order valence-corrected chi connectivity index (χ3v) is 12.2. The molecule has 2 bridgehead atoms. The van der Waals surface area contributed by atoms with Crippen LogP contribution in [0.2, 0.25) is 0 Å². The van der Waals surface area contributed by atoms with E-state index in [1.165, 1.54) is 4.90 Å². The van der Waals surface area contributed by atoms with E-state index in [0.717, 1.165) is 42.1 Å². The number of halogens is 1. The molecule has 5 rings (SSSR count). The van der Waals surface area contributed by atoms with Crippen LogP contribution in [0.5, 0.6) is 5.75 Å². The Labute approximate surface area is 292 Å². The maximum Gasteiger partial charge on any atom is 0.407 e. The first kappa shape index (κ1) is 36.4. The molecule has 3 fully saturated rings. The summed E-state index contributed by atoms with van der Waals surface area (Å²) >= 11 is 3.55. The molecule has 0 radical (unpaired) electrons. The van der Waals surface area contributed by atoms with Gasteiger partial charge in [0.15, 0.2) is 0 Å². The van der Waals surface area contributed by atoms with Crippen molar-refractivity contribution in [2.45, 2.75) is 127 Å². The van der Waals surface area contributed by atoms with Gasteiger partial charge in [0.05, 0.1) is 18.4 Å². The maximum atomic E-state index is 14.4. The molecule has 2 aliphatic heterocycles. The van der Waals surface area contributed by atoms with Gasteiger partial charge in [-0.25, -0.2) is 13.2 Å². The Balaban J connectivity index is 1.44. The quantitative estimate of drug-likeness (QED) is 0.387. The van der Waals surface area contributed by atoms with Gasteiger partial charge in [-0.1, -0.05) is 75.4 Å². The highest BCUT2D eigenvalue weighted by Crippen LogP contribution is 2.47. The Bertz CT molecular complexity index is 1510. The van der Waals surface area contributed by atoms with E-state index in [9.17, 15) is 27.6 Å². The van der Waals surface area contributed by atoms with Crippen LogP contribution in [-0.4, -0.2) is 79.3 Å². The van der Waals surface area contributed by atoms with Crippen LogP contribution in [0.25, 0.3) is 0 Å². The second-order valence-electron chi connectivity index (χ2n) is 14.8. The number of ether oxygens (including phenoxy) is 2. The van der Waals surface area contributed by atoms with Gasteiger partial charge in [0.25, 0.3) is 5.91 Å². The molecule has 48 heavy (non-hydrogen) atoms. The monoisotopic (exact) mass is 752 g/mol. The summed E-state index contributed by atoms with van der Waals surface area (Å²) in [5.41, 5.74) is -1.10. The summed E-state index contributed by atoms with van der Waals surface area (Å²) in [6, 6.07) is 3.83. The first-order chi connectivity index (χ1) is 22.6. The molecular weight excluding hydrogens is 704 g/mol. The Morgan fingerprint density at radius 1 is 1.10 bits per heavy atom. The molecule has 4 aliphatic rings. The van der Waals surface area contributed by atoms with Crippen molar-refractivity contribution in [3.05, 3.63) is 28.2 Å². The minimum atomic E-state index is -3.83. The van der Waals surface area contributed by atoms with Crippen LogP contribution < -0.4 is 20.1 Å². The van der Waals surface area contributed by atoms with E-state index in [-0.39, 0.29) is 25.5 Å². The first-order valence-corrected chi connectivity index (χ1v) is 19.6. The van der Waals surface area contributed by atoms with Gasteiger partial charge in [-0.05, 0) is 67.6 Å². The number of hydrogen-bond acceptors (Lipinski definition) is 8. The zero-order valence-corrected chi connectivity index (χ0v) is 30.7. The Morgan fingerprint density at radius 3 is 2.48 bits per heavy atom. The number of carbonyl (C=O) groups excluding carboxylic acids is 4. The number of nitrogens with zero attached hydrogens (tertiary/aromatic N) is 1. The summed E-state index contributed by atoms with van der Waals surface area (Å²) in [5.74, 6) is -1.36. The van der Waals surface area contributed by atoms with Crippen molar-refractivity contribution in [2.75, 3.05) is 13.2 Å². The average Bonchev–Trinajstić information content (AvgIpc) is 3.94. The highest BCUT2D eigenvalue weighted by molar-refractivity contribution is 9.10. The summed E-state index contributed by atoms with van der Waals surface area (Å²) in [5, 5.41) is 5.04. The minimum Gasteiger partial charge on any atom is -0.488 e. The van der Waals surface area contributed by atoms with Crippen molar-refractivity contribution in [1.82, 2.24) is 20.3 Å². The van der Waals surface area contributed by atoms with Gasteiger partial charge < -0.3 is 25.0 Å². The minimum absolute atomic E-state index is 0.0681. The largest absolute Gasteiger partial charge is 0.488 e. The molecule has 2 heterocycles. The Morgan fingerprint density at radius 2 is 1.81 bits per heavy atom. The van der Waals surface area contributed by atoms with Crippen LogP contribution in [-0.2, 0) is 35.6 Å². The number of nitrogens with one attached hydrogen (secondary N) is 3. The number of cyclic esters (lactones) is 1. The lowest BCUT2D eigenvalue weighted by molar-refractivity contribution is -0.142. The molecule has 1 saturated heterocycles. The number of hydrogen-bond donors (Lipinski definition) is 3. The number of benzene rings is 1. The van der Waals surface area contributed by atoms with Crippen molar-refractivity contribution in [3.8, 4) is 5.75 Å². The number of amides is 4. The molecular formula is C34H49BrN4O8S. The lowest BCUT2D eigenvalue weighted by Gasteiger charge is -2.35. The SMILES string of the molecule is CC[C@H]1C[C@]1(NC(=O)[C@@H]1C[C@@H]2CN1C(=O)[C@H](C(C)(C)C)NC(=O)OCCCCCCCc1ccc(Br)cc1O2)C(=O)NS(=O)(=O)C1CC1.